The Balaban J connectivity index is 2.93. The second-order valence-corrected chi connectivity index (χ2v) is 10.0. The molecule has 12 heavy (non-hydrogen) atoms. The minimum absolute atomic E-state index is 0.0198. The van der Waals surface area contributed by atoms with Gasteiger partial charge in [-0.2, -0.15) is 0 Å². The molecule has 68 valence electrons. The molecule has 0 heterocycles. The Bertz CT molecular complexity index is 88.0. The fourth-order valence-electron chi connectivity index (χ4n) is 0.842. The third-order valence-electron chi connectivity index (χ3n) is 1.67. The van der Waals surface area contributed by atoms with Gasteiger partial charge in [-0.05, 0) is 0 Å². The van der Waals surface area contributed by atoms with Crippen LogP contribution in [-0.4, -0.2) is 42.3 Å². The summed E-state index contributed by atoms with van der Waals surface area (Å²) in [4.78, 5) is 0. The molecule has 0 saturated carbocycles. The summed E-state index contributed by atoms with van der Waals surface area (Å²) in [5.74, 6) is 0. The van der Waals surface area contributed by atoms with Gasteiger partial charge in [0, 0.05) is 0 Å². The molecule has 0 atom stereocenters. The summed E-state index contributed by atoms with van der Waals surface area (Å²) >= 11 is -0.0395. The fraction of sp³-hybridized carbons (Fsp3) is 0.800. The second-order valence-electron chi connectivity index (χ2n) is 2.95. The van der Waals surface area contributed by atoms with Crippen molar-refractivity contribution in [2.75, 3.05) is 0 Å². The van der Waals surface area contributed by atoms with Crippen LogP contribution in [0.15, 0.2) is 8.18 Å². The van der Waals surface area contributed by atoms with Crippen molar-refractivity contribution < 1.29 is 0 Å². The molecule has 0 aromatic carbocycles. The molecule has 0 unspecified atom stereocenters. The maximum absolute atomic E-state index is 2.60. The van der Waals surface area contributed by atoms with Gasteiger partial charge < -0.3 is 0 Å². The molecule has 0 bridgehead atoms. The molecule has 0 aliphatic heterocycles. The topological polar surface area (TPSA) is 0 Å². The molecular weight excluding hydrogens is 358 g/mol. The van der Waals surface area contributed by atoms with E-state index in [2.05, 4.69) is 22.0 Å². The summed E-state index contributed by atoms with van der Waals surface area (Å²) in [5.41, 5.74) is 0. The average Bonchev–Trinajstić information content (AvgIpc) is 2.10. The molecule has 2 heteroatoms. The first-order valence-corrected chi connectivity index (χ1v) is 12.4. The van der Waals surface area contributed by atoms with E-state index in [0.717, 1.165) is 0 Å². The molecule has 0 aliphatic carbocycles. The van der Waals surface area contributed by atoms with E-state index in [1.54, 1.807) is 8.87 Å². The van der Waals surface area contributed by atoms with Gasteiger partial charge >= 0.3 is 98.9 Å². The number of rotatable bonds is 8. The van der Waals surface area contributed by atoms with Crippen LogP contribution in [0.5, 0.6) is 0 Å². The van der Waals surface area contributed by atoms with Gasteiger partial charge in [-0.3, -0.25) is 0 Å². The first-order valence-electron chi connectivity index (χ1n) is 5.03. The van der Waals surface area contributed by atoms with Gasteiger partial charge in [-0.1, -0.05) is 0 Å². The molecule has 0 fully saturated rings. The number of unbranched alkanes of at least 4 members (excludes halogenated alkanes) is 2. The first-order chi connectivity index (χ1) is 5.91. The van der Waals surface area contributed by atoms with Gasteiger partial charge in [0.1, 0.15) is 0 Å². The Labute approximate surface area is 98.0 Å². The van der Waals surface area contributed by atoms with Crippen molar-refractivity contribution in [1.82, 2.24) is 0 Å². The molecule has 4 radical (unpaired) electrons. The molecule has 0 rings (SSSR count). The summed E-state index contributed by atoms with van der Waals surface area (Å²) < 4.78 is 8.34. The van der Waals surface area contributed by atoms with Crippen molar-refractivity contribution in [1.29, 1.82) is 0 Å². The second kappa shape index (κ2) is 12.3. The van der Waals surface area contributed by atoms with Crippen molar-refractivity contribution in [3.63, 3.8) is 0 Å². The molecule has 0 aromatic rings. The Morgan fingerprint density at radius 3 is 1.58 bits per heavy atom. The molecule has 0 N–H and O–H groups in total. The van der Waals surface area contributed by atoms with Gasteiger partial charge in [-0.15, -0.1) is 0 Å². The molecule has 0 nitrogen and oxygen atoms in total. The molecule has 0 amide bonds. The van der Waals surface area contributed by atoms with Gasteiger partial charge in [0.15, 0.2) is 0 Å². The zero-order chi connectivity index (χ0) is 9.07. The number of hydrogen-bond acceptors (Lipinski definition) is 0. The van der Waals surface area contributed by atoms with E-state index in [-0.39, 0.29) is 42.3 Å². The normalized spacial score (nSPS) is 11.2. The molecule has 0 spiro atoms. The monoisotopic (exact) mass is 380 g/mol. The molecular formula is C10H20Sn2. The third kappa shape index (κ3) is 11.3. The van der Waals surface area contributed by atoms with E-state index in [0.29, 0.717) is 0 Å². The van der Waals surface area contributed by atoms with Crippen molar-refractivity contribution in [2.24, 2.45) is 0 Å². The van der Waals surface area contributed by atoms with Crippen molar-refractivity contribution in [3.05, 3.63) is 8.18 Å². The molecule has 0 saturated heterocycles. The maximum atomic E-state index is 2.60. The Morgan fingerprint density at radius 2 is 1.25 bits per heavy atom. The summed E-state index contributed by atoms with van der Waals surface area (Å²) in [7, 11) is 0. The predicted octanol–water partition coefficient (Wildman–Crippen LogP) is 3.30. The Kier molecular flexibility index (Phi) is 13.7. The van der Waals surface area contributed by atoms with Gasteiger partial charge in [-0.25, -0.2) is 0 Å². The fourth-order valence-corrected chi connectivity index (χ4v) is 10.2. The van der Waals surface area contributed by atoms with E-state index in [4.69, 9.17) is 0 Å². The first kappa shape index (κ1) is 13.3. The van der Waals surface area contributed by atoms with E-state index in [9.17, 15) is 0 Å². The van der Waals surface area contributed by atoms with E-state index < -0.39 is 0 Å². The van der Waals surface area contributed by atoms with Crippen LogP contribution in [0.25, 0.3) is 0 Å². The van der Waals surface area contributed by atoms with Crippen LogP contribution in [-0.2, 0) is 0 Å². The summed E-state index contributed by atoms with van der Waals surface area (Å²) in [5, 5.41) is 0. The van der Waals surface area contributed by atoms with Crippen LogP contribution in [0, 0.1) is 0 Å². The van der Waals surface area contributed by atoms with Crippen LogP contribution in [0.2, 0.25) is 8.87 Å². The van der Waals surface area contributed by atoms with Gasteiger partial charge in [0.05, 0.1) is 0 Å². The van der Waals surface area contributed by atoms with Gasteiger partial charge in [0.2, 0.25) is 0 Å². The predicted molar refractivity (Wildman–Crippen MR) is 60.1 cm³/mol. The van der Waals surface area contributed by atoms with Crippen molar-refractivity contribution in [3.8, 4) is 0 Å². The SMILES string of the molecule is CCC[CH2][Sn]/[CH]=[CH]/[Sn][CH2]CCC. The minimum atomic E-state index is -0.0198. The zero-order valence-corrected chi connectivity index (χ0v) is 14.1. The van der Waals surface area contributed by atoms with Crippen LogP contribution < -0.4 is 0 Å². The quantitative estimate of drug-likeness (QED) is 0.450. The van der Waals surface area contributed by atoms with Gasteiger partial charge in [0.25, 0.3) is 0 Å². The van der Waals surface area contributed by atoms with Crippen LogP contribution in [0.4, 0.5) is 0 Å². The molecule has 0 aromatic heterocycles. The van der Waals surface area contributed by atoms with Crippen molar-refractivity contribution in [2.45, 2.75) is 48.4 Å². The Hall–Kier alpha value is 1.34. The average molecular weight is 378 g/mol. The summed E-state index contributed by atoms with van der Waals surface area (Å²) in [6.45, 7) is 4.59. The van der Waals surface area contributed by atoms with Crippen LogP contribution in [0.3, 0.4) is 0 Å². The van der Waals surface area contributed by atoms with Crippen LogP contribution in [0.1, 0.15) is 39.5 Å². The van der Waals surface area contributed by atoms with E-state index >= 15 is 0 Å². The zero-order valence-electron chi connectivity index (χ0n) is 8.40. The summed E-state index contributed by atoms with van der Waals surface area (Å²) in [6, 6.07) is 0. The third-order valence-corrected chi connectivity index (χ3v) is 10.3. The number of hydrogen-bond donors (Lipinski definition) is 0. The van der Waals surface area contributed by atoms with Crippen LogP contribution >= 0.6 is 0 Å². The van der Waals surface area contributed by atoms with Crippen molar-refractivity contribution >= 4 is 42.3 Å². The molecule has 0 aliphatic rings. The Morgan fingerprint density at radius 1 is 0.833 bits per heavy atom. The summed E-state index contributed by atoms with van der Waals surface area (Å²) in [6.07, 6.45) is 5.75. The standard InChI is InChI=1S/2C4H9.C2H2.2Sn/c2*1-3-4-2;1-2;;/h2*1,3-4H2,2H3;1-2H;;. The van der Waals surface area contributed by atoms with E-state index in [1.807, 2.05) is 0 Å². The van der Waals surface area contributed by atoms with E-state index in [1.165, 1.54) is 25.7 Å².